The molecule has 0 saturated carbocycles. The molecule has 3 rings (SSSR count). The van der Waals surface area contributed by atoms with Gasteiger partial charge in [0, 0.05) is 37.3 Å². The summed E-state index contributed by atoms with van der Waals surface area (Å²) < 4.78 is 7.53. The topological polar surface area (TPSA) is 51.5 Å². The van der Waals surface area contributed by atoms with Crippen LogP contribution in [0.25, 0.3) is 0 Å². The van der Waals surface area contributed by atoms with Crippen LogP contribution in [0.15, 0.2) is 41.2 Å². The highest BCUT2D eigenvalue weighted by atomic mass is 16.5. The zero-order valence-corrected chi connectivity index (χ0v) is 15.7. The van der Waals surface area contributed by atoms with Crippen LogP contribution in [0.4, 0.5) is 0 Å². The molecule has 1 aliphatic heterocycles. The van der Waals surface area contributed by atoms with Gasteiger partial charge in [0.25, 0.3) is 11.5 Å². The van der Waals surface area contributed by atoms with E-state index in [4.69, 9.17) is 4.74 Å². The fourth-order valence-electron chi connectivity index (χ4n) is 3.29. The molecule has 0 bridgehead atoms. The Hall–Kier alpha value is -2.56. The molecule has 1 aromatic heterocycles. The number of carbonyl (C=O) groups excluding carboxylic acids is 1. The number of carbonyl (C=O) groups is 1. The molecule has 0 N–H and O–H groups in total. The van der Waals surface area contributed by atoms with Crippen molar-refractivity contribution in [3.63, 3.8) is 0 Å². The van der Waals surface area contributed by atoms with Crippen molar-refractivity contribution in [1.82, 2.24) is 9.47 Å². The number of hydrogen-bond donors (Lipinski definition) is 0. The van der Waals surface area contributed by atoms with E-state index < -0.39 is 0 Å². The molecule has 138 valence electrons. The monoisotopic (exact) mass is 354 g/mol. The number of nitrogens with zero attached hydrogens (tertiary/aromatic N) is 2. The fraction of sp³-hybridized carbons (Fsp3) is 0.429. The summed E-state index contributed by atoms with van der Waals surface area (Å²) in [6.45, 7) is 5.24. The summed E-state index contributed by atoms with van der Waals surface area (Å²) in [4.78, 5) is 26.4. The number of benzene rings is 1. The molecule has 1 fully saturated rings. The van der Waals surface area contributed by atoms with Gasteiger partial charge in [0.1, 0.15) is 11.9 Å². The van der Waals surface area contributed by atoms with Gasteiger partial charge in [-0.05, 0) is 37.1 Å². The molecule has 2 heterocycles. The van der Waals surface area contributed by atoms with Crippen molar-refractivity contribution in [2.75, 3.05) is 13.1 Å². The van der Waals surface area contributed by atoms with Crippen molar-refractivity contribution < 1.29 is 9.53 Å². The maximum Gasteiger partial charge on any atom is 0.254 e. The largest absolute Gasteiger partial charge is 0.488 e. The number of aryl methyl sites for hydroxylation is 2. The van der Waals surface area contributed by atoms with Crippen molar-refractivity contribution in [2.45, 2.75) is 39.2 Å². The van der Waals surface area contributed by atoms with Crippen LogP contribution in [0.5, 0.6) is 5.75 Å². The van der Waals surface area contributed by atoms with Gasteiger partial charge in [-0.25, -0.2) is 0 Å². The van der Waals surface area contributed by atoms with Gasteiger partial charge in [0.15, 0.2) is 0 Å². The first kappa shape index (κ1) is 18.2. The highest BCUT2D eigenvalue weighted by Crippen LogP contribution is 2.20. The SMILES string of the molecule is CCCc1ccc(C(=O)N2CCC(Oc3cc(C)n(C)c(=O)c3)C2)cc1. The second-order valence-corrected chi connectivity index (χ2v) is 6.96. The van der Waals surface area contributed by atoms with E-state index in [1.54, 1.807) is 11.6 Å². The summed E-state index contributed by atoms with van der Waals surface area (Å²) in [7, 11) is 1.74. The second-order valence-electron chi connectivity index (χ2n) is 6.96. The Labute approximate surface area is 154 Å². The Kier molecular flexibility index (Phi) is 5.45. The zero-order valence-electron chi connectivity index (χ0n) is 15.7. The lowest BCUT2D eigenvalue weighted by atomic mass is 10.1. The van der Waals surface area contributed by atoms with Crippen molar-refractivity contribution in [2.24, 2.45) is 7.05 Å². The van der Waals surface area contributed by atoms with Gasteiger partial charge in [-0.15, -0.1) is 0 Å². The van der Waals surface area contributed by atoms with Crippen molar-refractivity contribution >= 4 is 5.91 Å². The van der Waals surface area contributed by atoms with Gasteiger partial charge in [0.05, 0.1) is 6.54 Å². The molecule has 5 nitrogen and oxygen atoms in total. The van der Waals surface area contributed by atoms with Crippen molar-refractivity contribution in [3.05, 3.63) is 63.6 Å². The van der Waals surface area contributed by atoms with Crippen LogP contribution < -0.4 is 10.3 Å². The highest BCUT2D eigenvalue weighted by Gasteiger charge is 2.28. The summed E-state index contributed by atoms with van der Waals surface area (Å²) in [6.07, 6.45) is 2.82. The van der Waals surface area contributed by atoms with Gasteiger partial charge < -0.3 is 14.2 Å². The minimum Gasteiger partial charge on any atom is -0.488 e. The van der Waals surface area contributed by atoms with Crippen molar-refractivity contribution in [3.8, 4) is 5.75 Å². The maximum atomic E-state index is 12.7. The van der Waals surface area contributed by atoms with Crippen LogP contribution in [-0.2, 0) is 13.5 Å². The molecule has 1 atom stereocenters. The molecule has 5 heteroatoms. The third kappa shape index (κ3) is 3.98. The van der Waals surface area contributed by atoms with Crippen LogP contribution in [-0.4, -0.2) is 34.6 Å². The van der Waals surface area contributed by atoms with E-state index in [1.165, 1.54) is 11.6 Å². The molecular formula is C21H26N2O3. The van der Waals surface area contributed by atoms with Crippen LogP contribution in [0.1, 0.15) is 41.4 Å². The third-order valence-corrected chi connectivity index (χ3v) is 4.95. The highest BCUT2D eigenvalue weighted by molar-refractivity contribution is 5.94. The van der Waals surface area contributed by atoms with Crippen LogP contribution in [0.3, 0.4) is 0 Å². The normalized spacial score (nSPS) is 16.7. The molecule has 0 radical (unpaired) electrons. The van der Waals surface area contributed by atoms with Crippen LogP contribution in [0.2, 0.25) is 0 Å². The average molecular weight is 354 g/mol. The van der Waals surface area contributed by atoms with Gasteiger partial charge in [0.2, 0.25) is 0 Å². The molecule has 1 unspecified atom stereocenters. The maximum absolute atomic E-state index is 12.7. The van der Waals surface area contributed by atoms with Crippen molar-refractivity contribution in [1.29, 1.82) is 0 Å². The number of pyridine rings is 1. The summed E-state index contributed by atoms with van der Waals surface area (Å²) >= 11 is 0. The second kappa shape index (κ2) is 7.77. The van der Waals surface area contributed by atoms with E-state index >= 15 is 0 Å². The Bertz CT molecular complexity index is 839. The lowest BCUT2D eigenvalue weighted by Gasteiger charge is -2.18. The predicted molar refractivity (Wildman–Crippen MR) is 102 cm³/mol. The number of likely N-dealkylation sites (tertiary alicyclic amines) is 1. The number of ether oxygens (including phenoxy) is 1. The first-order chi connectivity index (χ1) is 12.5. The smallest absolute Gasteiger partial charge is 0.254 e. The lowest BCUT2D eigenvalue weighted by Crippen LogP contribution is -2.31. The number of amides is 1. The summed E-state index contributed by atoms with van der Waals surface area (Å²) in [5.74, 6) is 0.619. The van der Waals surface area contributed by atoms with E-state index in [0.29, 0.717) is 18.8 Å². The summed E-state index contributed by atoms with van der Waals surface area (Å²) in [5.41, 5.74) is 2.74. The Morgan fingerprint density at radius 1 is 1.23 bits per heavy atom. The first-order valence-corrected chi connectivity index (χ1v) is 9.20. The van der Waals surface area contributed by atoms with Gasteiger partial charge >= 0.3 is 0 Å². The Balaban J connectivity index is 1.63. The standard InChI is InChI=1S/C21H26N2O3/c1-4-5-16-6-8-17(9-7-16)21(25)23-11-10-18(14-23)26-19-12-15(2)22(3)20(24)13-19/h6-9,12-13,18H,4-5,10-11,14H2,1-3H3. The third-order valence-electron chi connectivity index (χ3n) is 4.95. The molecule has 0 spiro atoms. The lowest BCUT2D eigenvalue weighted by molar-refractivity contribution is 0.0772. The summed E-state index contributed by atoms with van der Waals surface area (Å²) in [6, 6.07) is 11.2. The molecule has 26 heavy (non-hydrogen) atoms. The molecule has 1 saturated heterocycles. The minimum atomic E-state index is -0.0851. The van der Waals surface area contributed by atoms with Gasteiger partial charge in [-0.1, -0.05) is 25.5 Å². The molecule has 2 aromatic rings. The predicted octanol–water partition coefficient (Wildman–Crippen LogP) is 2.94. The molecule has 1 aliphatic rings. The molecule has 1 amide bonds. The molecule has 0 aliphatic carbocycles. The van der Waals surface area contributed by atoms with E-state index in [0.717, 1.165) is 30.5 Å². The number of rotatable bonds is 5. The van der Waals surface area contributed by atoms with E-state index in [-0.39, 0.29) is 17.6 Å². The number of aromatic nitrogens is 1. The Morgan fingerprint density at radius 2 is 1.96 bits per heavy atom. The van der Waals surface area contributed by atoms with E-state index in [9.17, 15) is 9.59 Å². The summed E-state index contributed by atoms with van der Waals surface area (Å²) in [5, 5.41) is 0. The van der Waals surface area contributed by atoms with E-state index in [2.05, 4.69) is 6.92 Å². The zero-order chi connectivity index (χ0) is 18.7. The van der Waals surface area contributed by atoms with Crippen LogP contribution >= 0.6 is 0 Å². The first-order valence-electron chi connectivity index (χ1n) is 9.20. The minimum absolute atomic E-state index is 0.0410. The quantitative estimate of drug-likeness (QED) is 0.829. The molecule has 1 aromatic carbocycles. The van der Waals surface area contributed by atoms with Gasteiger partial charge in [-0.3, -0.25) is 9.59 Å². The van der Waals surface area contributed by atoms with Gasteiger partial charge in [-0.2, -0.15) is 0 Å². The van der Waals surface area contributed by atoms with E-state index in [1.807, 2.05) is 42.2 Å². The average Bonchev–Trinajstić information content (AvgIpc) is 3.08. The fourth-order valence-corrected chi connectivity index (χ4v) is 3.29. The molecular weight excluding hydrogens is 328 g/mol. The Morgan fingerprint density at radius 3 is 2.62 bits per heavy atom. The van der Waals surface area contributed by atoms with Crippen LogP contribution in [0, 0.1) is 6.92 Å². The number of hydrogen-bond acceptors (Lipinski definition) is 3.